The first-order chi connectivity index (χ1) is 26.2. The summed E-state index contributed by atoms with van der Waals surface area (Å²) in [6.45, 7) is 5.88. The molecule has 0 unspecified atom stereocenters. The van der Waals surface area contributed by atoms with Crippen LogP contribution in [0.2, 0.25) is 0 Å². The Kier molecular flexibility index (Phi) is 10.1. The van der Waals surface area contributed by atoms with Gasteiger partial charge >= 0.3 is 5.97 Å². The maximum atomic E-state index is 14.7. The van der Waals surface area contributed by atoms with E-state index in [1.165, 1.54) is 23.5 Å². The molecule has 0 spiro atoms. The van der Waals surface area contributed by atoms with Crippen molar-refractivity contribution in [3.63, 3.8) is 0 Å². The molecule has 0 fully saturated rings. The first-order valence-corrected chi connectivity index (χ1v) is 18.2. The van der Waals surface area contributed by atoms with Gasteiger partial charge in [-0.2, -0.15) is 0 Å². The summed E-state index contributed by atoms with van der Waals surface area (Å²) in [5.74, 6) is 0.434. The number of aromatic nitrogens is 2. The van der Waals surface area contributed by atoms with Crippen LogP contribution in [0.5, 0.6) is 11.5 Å². The number of hydrogen-bond acceptors (Lipinski definition) is 9. The topological polar surface area (TPSA) is 127 Å². The predicted molar refractivity (Wildman–Crippen MR) is 208 cm³/mol. The van der Waals surface area contributed by atoms with Gasteiger partial charge in [-0.25, -0.2) is 9.79 Å². The number of carbonyl (C=O) groups excluding carboxylic acids is 1. The van der Waals surface area contributed by atoms with Gasteiger partial charge in [0.05, 0.1) is 58.5 Å². The van der Waals surface area contributed by atoms with Crippen LogP contribution in [-0.2, 0) is 9.53 Å². The lowest BCUT2D eigenvalue weighted by atomic mass is 9.95. The third-order valence-corrected chi connectivity index (χ3v) is 10.1. The molecular formula is C42H36N4O7S. The van der Waals surface area contributed by atoms with Crippen LogP contribution in [-0.4, -0.2) is 40.4 Å². The summed E-state index contributed by atoms with van der Waals surface area (Å²) in [5.41, 5.74) is 5.80. The molecule has 7 rings (SSSR count). The number of fused-ring (bicyclic) bond motifs is 1. The summed E-state index contributed by atoms with van der Waals surface area (Å²) in [7, 11) is 1.55. The summed E-state index contributed by atoms with van der Waals surface area (Å²) in [5, 5.41) is 11.6. The van der Waals surface area contributed by atoms with Crippen molar-refractivity contribution in [2.45, 2.75) is 26.8 Å². The van der Waals surface area contributed by atoms with Crippen LogP contribution in [0, 0.1) is 10.1 Å². The standard InChI is InChI=1S/C42H36N4O7S/c1-5-52-35-24-29(17-22-34(35)51-4)39-37(41(48)53-6-2)26(3)43-42-45(39)40(47)36(54-42)25-30-23-33(27-13-9-7-10-14-27)44(38(30)28-15-11-8-12-16-28)31-18-20-32(21-19-31)46(49)50/h7-25,39H,5-6H2,1-4H3/b36-25-/t39-/m1/s1. The molecule has 2 aromatic heterocycles. The molecule has 0 saturated heterocycles. The zero-order valence-electron chi connectivity index (χ0n) is 30.0. The molecule has 0 radical (unpaired) electrons. The maximum absolute atomic E-state index is 14.7. The van der Waals surface area contributed by atoms with Gasteiger partial charge in [0.1, 0.15) is 0 Å². The molecule has 3 heterocycles. The van der Waals surface area contributed by atoms with Gasteiger partial charge < -0.3 is 18.8 Å². The zero-order valence-corrected chi connectivity index (χ0v) is 30.8. The lowest BCUT2D eigenvalue weighted by Crippen LogP contribution is -2.40. The Bertz CT molecular complexity index is 2590. The number of rotatable bonds is 11. The minimum Gasteiger partial charge on any atom is -0.493 e. The molecule has 54 heavy (non-hydrogen) atoms. The van der Waals surface area contributed by atoms with E-state index < -0.39 is 16.9 Å². The van der Waals surface area contributed by atoms with Crippen LogP contribution in [0.1, 0.15) is 37.9 Å². The first kappa shape index (κ1) is 35.9. The lowest BCUT2D eigenvalue weighted by molar-refractivity contribution is -0.384. The minimum absolute atomic E-state index is 0.0213. The van der Waals surface area contributed by atoms with Crippen LogP contribution in [0.25, 0.3) is 34.3 Å². The molecular weight excluding hydrogens is 705 g/mol. The summed E-state index contributed by atoms with van der Waals surface area (Å²) in [4.78, 5) is 44.6. The molecule has 1 aliphatic rings. The number of ether oxygens (including phenoxy) is 3. The van der Waals surface area contributed by atoms with Gasteiger partial charge in [-0.15, -0.1) is 0 Å². The van der Waals surface area contributed by atoms with Crippen molar-refractivity contribution < 1.29 is 23.9 Å². The van der Waals surface area contributed by atoms with Crippen LogP contribution in [0.4, 0.5) is 5.69 Å². The molecule has 272 valence electrons. The molecule has 11 nitrogen and oxygen atoms in total. The van der Waals surface area contributed by atoms with E-state index in [-0.39, 0.29) is 23.4 Å². The molecule has 1 aliphatic heterocycles. The van der Waals surface area contributed by atoms with Gasteiger partial charge in [-0.05, 0) is 73.9 Å². The second kappa shape index (κ2) is 15.2. The Labute approximate surface area is 314 Å². The van der Waals surface area contributed by atoms with Crippen LogP contribution in [0.3, 0.4) is 0 Å². The molecule has 4 aromatic carbocycles. The van der Waals surface area contributed by atoms with E-state index >= 15 is 0 Å². The van der Waals surface area contributed by atoms with Crippen molar-refractivity contribution in [2.75, 3.05) is 20.3 Å². The highest BCUT2D eigenvalue weighted by Crippen LogP contribution is 2.38. The van der Waals surface area contributed by atoms with E-state index in [4.69, 9.17) is 19.2 Å². The number of allylic oxidation sites excluding steroid dienone is 1. The third-order valence-electron chi connectivity index (χ3n) is 9.07. The summed E-state index contributed by atoms with van der Waals surface area (Å²) in [6, 6.07) is 32.5. The maximum Gasteiger partial charge on any atom is 0.338 e. The number of methoxy groups -OCH3 is 1. The molecule has 6 aromatic rings. The minimum atomic E-state index is -0.856. The van der Waals surface area contributed by atoms with Crippen molar-refractivity contribution >= 4 is 29.1 Å². The van der Waals surface area contributed by atoms with Crippen LogP contribution >= 0.6 is 11.3 Å². The fraction of sp³-hybridized carbons (Fsp3) is 0.167. The third kappa shape index (κ3) is 6.63. The van der Waals surface area contributed by atoms with Gasteiger partial charge in [-0.3, -0.25) is 19.5 Å². The van der Waals surface area contributed by atoms with Crippen molar-refractivity contribution in [1.29, 1.82) is 0 Å². The van der Waals surface area contributed by atoms with Crippen molar-refractivity contribution in [1.82, 2.24) is 9.13 Å². The number of nitro groups is 1. The van der Waals surface area contributed by atoms with E-state index in [2.05, 4.69) is 4.57 Å². The number of hydrogen-bond donors (Lipinski definition) is 0. The van der Waals surface area contributed by atoms with Gasteiger partial charge in [-0.1, -0.05) is 78.1 Å². The van der Waals surface area contributed by atoms with Gasteiger partial charge in [0, 0.05) is 23.4 Å². The number of benzene rings is 4. The summed E-state index contributed by atoms with van der Waals surface area (Å²) < 4.78 is 20.9. The fourth-order valence-corrected chi connectivity index (χ4v) is 7.76. The normalized spacial score (nSPS) is 14.0. The van der Waals surface area contributed by atoms with E-state index in [1.807, 2.05) is 85.8 Å². The van der Waals surface area contributed by atoms with Crippen molar-refractivity contribution in [3.05, 3.63) is 161 Å². The number of nitrogens with zero attached hydrogens (tertiary/aromatic N) is 4. The number of carbonyl (C=O) groups is 1. The Morgan fingerprint density at radius 2 is 1.59 bits per heavy atom. The first-order valence-electron chi connectivity index (χ1n) is 17.4. The van der Waals surface area contributed by atoms with Gasteiger partial charge in [0.15, 0.2) is 16.3 Å². The second-order valence-electron chi connectivity index (χ2n) is 12.3. The highest BCUT2D eigenvalue weighted by atomic mass is 32.1. The summed E-state index contributed by atoms with van der Waals surface area (Å²) in [6.07, 6.45) is 1.85. The number of esters is 1. The quantitative estimate of drug-likeness (QED) is 0.0779. The monoisotopic (exact) mass is 740 g/mol. The van der Waals surface area contributed by atoms with Crippen LogP contribution < -0.4 is 24.4 Å². The smallest absolute Gasteiger partial charge is 0.338 e. The van der Waals surface area contributed by atoms with E-state index in [1.54, 1.807) is 49.8 Å². The lowest BCUT2D eigenvalue weighted by Gasteiger charge is -2.25. The molecule has 0 amide bonds. The second-order valence-corrected chi connectivity index (χ2v) is 13.3. The SMILES string of the molecule is CCOC(=O)C1=C(C)N=c2s/c(=C\c3cc(-c4ccccc4)n(-c4ccc([N+](=O)[O-])cc4)c3-c3ccccc3)c(=O)n2[C@@H]1c1ccc(OC)c(OCC)c1. The Morgan fingerprint density at radius 3 is 2.22 bits per heavy atom. The van der Waals surface area contributed by atoms with Crippen molar-refractivity contribution in [2.24, 2.45) is 4.99 Å². The van der Waals surface area contributed by atoms with Gasteiger partial charge in [0.25, 0.3) is 11.2 Å². The average molecular weight is 741 g/mol. The summed E-state index contributed by atoms with van der Waals surface area (Å²) >= 11 is 1.23. The van der Waals surface area contributed by atoms with E-state index in [0.717, 1.165) is 28.1 Å². The molecule has 0 saturated carbocycles. The molecule has 0 aliphatic carbocycles. The highest BCUT2D eigenvalue weighted by Gasteiger charge is 2.34. The predicted octanol–water partition coefficient (Wildman–Crippen LogP) is 7.24. The number of non-ortho nitro benzene ring substituents is 1. The fourth-order valence-electron chi connectivity index (χ4n) is 6.72. The van der Waals surface area contributed by atoms with E-state index in [9.17, 15) is 19.7 Å². The Balaban J connectivity index is 1.50. The highest BCUT2D eigenvalue weighted by molar-refractivity contribution is 7.07. The number of nitro benzene ring substituents is 1. The average Bonchev–Trinajstić information content (AvgIpc) is 3.71. The van der Waals surface area contributed by atoms with E-state index in [0.29, 0.717) is 44.4 Å². The molecule has 0 bridgehead atoms. The Morgan fingerprint density at radius 1 is 0.907 bits per heavy atom. The molecule has 12 heteroatoms. The largest absolute Gasteiger partial charge is 0.493 e. The number of thiazole rings is 1. The van der Waals surface area contributed by atoms with Crippen molar-refractivity contribution in [3.8, 4) is 39.7 Å². The Hall–Kier alpha value is -6.53. The molecule has 0 N–H and O–H groups in total. The van der Waals surface area contributed by atoms with Gasteiger partial charge in [0.2, 0.25) is 0 Å². The van der Waals surface area contributed by atoms with Crippen LogP contribution in [0.15, 0.2) is 130 Å². The zero-order chi connectivity index (χ0) is 37.9. The molecule has 1 atom stereocenters.